The lowest BCUT2D eigenvalue weighted by Gasteiger charge is -2.26. The minimum atomic E-state index is 0.647. The second-order valence-corrected chi connectivity index (χ2v) is 6.92. The van der Waals surface area contributed by atoms with E-state index in [9.17, 15) is 0 Å². The van der Waals surface area contributed by atoms with E-state index in [0.29, 0.717) is 6.04 Å². The van der Waals surface area contributed by atoms with Crippen molar-refractivity contribution in [2.24, 2.45) is 11.8 Å². The van der Waals surface area contributed by atoms with Crippen molar-refractivity contribution in [1.82, 2.24) is 5.32 Å². The van der Waals surface area contributed by atoms with Crippen molar-refractivity contribution < 1.29 is 0 Å². The Bertz CT molecular complexity index is 200. The van der Waals surface area contributed by atoms with Crippen LogP contribution in [-0.2, 0) is 0 Å². The van der Waals surface area contributed by atoms with Crippen LogP contribution in [-0.4, -0.2) is 12.6 Å². The van der Waals surface area contributed by atoms with Gasteiger partial charge < -0.3 is 5.32 Å². The maximum atomic E-state index is 3.68. The van der Waals surface area contributed by atoms with Gasteiger partial charge in [0.25, 0.3) is 0 Å². The number of unbranched alkanes of at least 4 members (excludes halogenated alkanes) is 4. The van der Waals surface area contributed by atoms with Crippen LogP contribution in [0.3, 0.4) is 0 Å². The molecule has 2 atom stereocenters. The fraction of sp³-hybridized carbons (Fsp3) is 1.00. The van der Waals surface area contributed by atoms with E-state index in [1.165, 1.54) is 77.2 Å². The Morgan fingerprint density at radius 2 is 1.58 bits per heavy atom. The number of hydrogen-bond donors (Lipinski definition) is 1. The molecule has 1 saturated carbocycles. The summed E-state index contributed by atoms with van der Waals surface area (Å²) in [5, 5.41) is 3.68. The molecule has 0 amide bonds. The summed E-state index contributed by atoms with van der Waals surface area (Å²) in [6.45, 7) is 8.11. The number of rotatable bonds is 9. The molecule has 1 heteroatoms. The highest BCUT2D eigenvalue weighted by Crippen LogP contribution is 2.32. The maximum Gasteiger partial charge on any atom is 0.00104 e. The van der Waals surface area contributed by atoms with E-state index in [2.05, 4.69) is 26.1 Å². The molecule has 1 aliphatic carbocycles. The predicted octanol–water partition coefficient (Wildman–Crippen LogP) is 5.54. The van der Waals surface area contributed by atoms with Crippen molar-refractivity contribution in [2.45, 2.75) is 97.4 Å². The Labute approximate surface area is 121 Å². The quantitative estimate of drug-likeness (QED) is 0.427. The SMILES string of the molecule is CCCCCCCC1CCCCCC1CNC(C)C. The van der Waals surface area contributed by atoms with Gasteiger partial charge in [0.15, 0.2) is 0 Å². The second-order valence-electron chi connectivity index (χ2n) is 6.92. The molecule has 114 valence electrons. The standard InChI is InChI=1S/C18H37N/c1-4-5-6-7-9-12-17-13-10-8-11-14-18(17)15-19-16(2)3/h16-19H,4-15H2,1-3H3. The molecule has 19 heavy (non-hydrogen) atoms. The largest absolute Gasteiger partial charge is 0.314 e. The highest BCUT2D eigenvalue weighted by atomic mass is 14.9. The third-order valence-corrected chi connectivity index (χ3v) is 4.78. The van der Waals surface area contributed by atoms with Gasteiger partial charge in [-0.25, -0.2) is 0 Å². The first-order chi connectivity index (χ1) is 9.24. The lowest BCUT2D eigenvalue weighted by atomic mass is 9.83. The van der Waals surface area contributed by atoms with Crippen LogP contribution in [0.4, 0.5) is 0 Å². The molecule has 0 bridgehead atoms. The average Bonchev–Trinajstić information content (AvgIpc) is 2.61. The monoisotopic (exact) mass is 267 g/mol. The maximum absolute atomic E-state index is 3.68. The van der Waals surface area contributed by atoms with Crippen LogP contribution in [0.1, 0.15) is 91.4 Å². The average molecular weight is 268 g/mol. The van der Waals surface area contributed by atoms with Gasteiger partial charge in [0, 0.05) is 6.04 Å². The Balaban J connectivity index is 2.27. The van der Waals surface area contributed by atoms with E-state index in [1.807, 2.05) is 0 Å². The molecular formula is C18H37N. The predicted molar refractivity (Wildman–Crippen MR) is 86.6 cm³/mol. The Morgan fingerprint density at radius 3 is 2.26 bits per heavy atom. The van der Waals surface area contributed by atoms with Crippen molar-refractivity contribution in [3.8, 4) is 0 Å². The second kappa shape index (κ2) is 10.7. The van der Waals surface area contributed by atoms with E-state index >= 15 is 0 Å². The van der Waals surface area contributed by atoms with Crippen molar-refractivity contribution in [2.75, 3.05) is 6.54 Å². The van der Waals surface area contributed by atoms with E-state index in [-0.39, 0.29) is 0 Å². The van der Waals surface area contributed by atoms with Crippen molar-refractivity contribution >= 4 is 0 Å². The first kappa shape index (κ1) is 17.0. The van der Waals surface area contributed by atoms with E-state index in [1.54, 1.807) is 0 Å². The Hall–Kier alpha value is -0.0400. The van der Waals surface area contributed by atoms with Crippen molar-refractivity contribution in [1.29, 1.82) is 0 Å². The number of hydrogen-bond acceptors (Lipinski definition) is 1. The molecule has 1 fully saturated rings. The topological polar surface area (TPSA) is 12.0 Å². The lowest BCUT2D eigenvalue weighted by molar-refractivity contribution is 0.270. The van der Waals surface area contributed by atoms with Crippen LogP contribution in [0.25, 0.3) is 0 Å². The lowest BCUT2D eigenvalue weighted by Crippen LogP contribution is -2.32. The normalized spacial score (nSPS) is 24.6. The van der Waals surface area contributed by atoms with Crippen molar-refractivity contribution in [3.05, 3.63) is 0 Å². The Kier molecular flexibility index (Phi) is 9.59. The molecule has 0 saturated heterocycles. The van der Waals surface area contributed by atoms with Gasteiger partial charge in [0.2, 0.25) is 0 Å². The zero-order valence-electron chi connectivity index (χ0n) is 13.7. The summed E-state index contributed by atoms with van der Waals surface area (Å²) in [5.74, 6) is 1.96. The van der Waals surface area contributed by atoms with Crippen LogP contribution in [0.15, 0.2) is 0 Å². The molecule has 0 radical (unpaired) electrons. The smallest absolute Gasteiger partial charge is 0.00104 e. The summed E-state index contributed by atoms with van der Waals surface area (Å²) >= 11 is 0. The van der Waals surface area contributed by atoms with Gasteiger partial charge in [0.05, 0.1) is 0 Å². The van der Waals surface area contributed by atoms with Gasteiger partial charge in [-0.15, -0.1) is 0 Å². The van der Waals surface area contributed by atoms with E-state index in [4.69, 9.17) is 0 Å². The van der Waals surface area contributed by atoms with Gasteiger partial charge in [-0.05, 0) is 24.8 Å². The molecule has 0 spiro atoms. The van der Waals surface area contributed by atoms with E-state index < -0.39 is 0 Å². The van der Waals surface area contributed by atoms with Crippen LogP contribution in [0.2, 0.25) is 0 Å². The van der Waals surface area contributed by atoms with Crippen LogP contribution in [0, 0.1) is 11.8 Å². The summed E-state index contributed by atoms with van der Waals surface area (Å²) in [4.78, 5) is 0. The molecule has 1 aliphatic rings. The molecule has 1 N–H and O–H groups in total. The zero-order valence-corrected chi connectivity index (χ0v) is 13.7. The van der Waals surface area contributed by atoms with Gasteiger partial charge >= 0.3 is 0 Å². The zero-order chi connectivity index (χ0) is 13.9. The summed E-state index contributed by atoms with van der Waals surface area (Å²) in [7, 11) is 0. The highest BCUT2D eigenvalue weighted by molar-refractivity contribution is 4.76. The number of nitrogens with one attached hydrogen (secondary N) is 1. The molecule has 0 heterocycles. The molecule has 0 aromatic heterocycles. The Morgan fingerprint density at radius 1 is 0.895 bits per heavy atom. The van der Waals surface area contributed by atoms with Gasteiger partial charge in [-0.2, -0.15) is 0 Å². The van der Waals surface area contributed by atoms with Crippen LogP contribution >= 0.6 is 0 Å². The fourth-order valence-corrected chi connectivity index (χ4v) is 3.51. The molecular weight excluding hydrogens is 230 g/mol. The molecule has 2 unspecified atom stereocenters. The molecule has 1 rings (SSSR count). The minimum absolute atomic E-state index is 0.647. The van der Waals surface area contributed by atoms with Gasteiger partial charge in [0.1, 0.15) is 0 Å². The van der Waals surface area contributed by atoms with Crippen LogP contribution in [0.5, 0.6) is 0 Å². The molecule has 1 nitrogen and oxygen atoms in total. The first-order valence-electron chi connectivity index (χ1n) is 8.97. The van der Waals surface area contributed by atoms with Crippen LogP contribution < -0.4 is 5.32 Å². The summed E-state index contributed by atoms with van der Waals surface area (Å²) in [6, 6.07) is 0.647. The molecule has 0 aromatic carbocycles. The first-order valence-corrected chi connectivity index (χ1v) is 8.97. The highest BCUT2D eigenvalue weighted by Gasteiger charge is 2.23. The third-order valence-electron chi connectivity index (χ3n) is 4.78. The summed E-state index contributed by atoms with van der Waals surface area (Å²) < 4.78 is 0. The van der Waals surface area contributed by atoms with E-state index in [0.717, 1.165) is 11.8 Å². The molecule has 0 aromatic rings. The van der Waals surface area contributed by atoms with Crippen molar-refractivity contribution in [3.63, 3.8) is 0 Å². The van der Waals surface area contributed by atoms with Gasteiger partial charge in [-0.1, -0.05) is 85.0 Å². The summed E-state index contributed by atoms with van der Waals surface area (Å²) in [6.07, 6.45) is 16.1. The fourth-order valence-electron chi connectivity index (χ4n) is 3.51. The summed E-state index contributed by atoms with van der Waals surface area (Å²) in [5.41, 5.74) is 0. The minimum Gasteiger partial charge on any atom is -0.314 e. The third kappa shape index (κ3) is 7.97. The molecule has 0 aliphatic heterocycles. The van der Waals surface area contributed by atoms with Gasteiger partial charge in [-0.3, -0.25) is 0 Å².